The van der Waals surface area contributed by atoms with Gasteiger partial charge in [0, 0.05) is 5.39 Å². The molecule has 0 unspecified atom stereocenters. The number of hydrazone groups is 1. The lowest BCUT2D eigenvalue weighted by Crippen LogP contribution is -1.96. The van der Waals surface area contributed by atoms with Crippen molar-refractivity contribution in [3.8, 4) is 5.75 Å². The fourth-order valence-electron chi connectivity index (χ4n) is 2.97. The molecule has 0 fully saturated rings. The summed E-state index contributed by atoms with van der Waals surface area (Å²) in [6.07, 6.45) is 1.77. The Morgan fingerprint density at radius 1 is 0.929 bits per heavy atom. The van der Waals surface area contributed by atoms with Crippen molar-refractivity contribution in [1.29, 1.82) is 0 Å². The minimum Gasteiger partial charge on any atom is -0.489 e. The van der Waals surface area contributed by atoms with E-state index in [1.54, 1.807) is 6.21 Å². The van der Waals surface area contributed by atoms with E-state index in [1.807, 2.05) is 66.7 Å². The highest BCUT2D eigenvalue weighted by molar-refractivity contribution is 5.84. The fourth-order valence-corrected chi connectivity index (χ4v) is 2.97. The molecule has 1 heterocycles. The van der Waals surface area contributed by atoms with Crippen LogP contribution >= 0.6 is 0 Å². The Kier molecular flexibility index (Phi) is 5.29. The number of pyridine rings is 1. The van der Waals surface area contributed by atoms with Crippen LogP contribution < -0.4 is 10.2 Å². The molecule has 3 aromatic carbocycles. The number of rotatable bonds is 6. The molecular formula is C24H21N3O. The van der Waals surface area contributed by atoms with Gasteiger partial charge in [-0.3, -0.25) is 5.43 Å². The van der Waals surface area contributed by atoms with Gasteiger partial charge in [0.05, 0.1) is 11.7 Å². The Morgan fingerprint density at radius 2 is 1.68 bits per heavy atom. The molecule has 4 nitrogen and oxygen atoms in total. The van der Waals surface area contributed by atoms with Gasteiger partial charge in [-0.05, 0) is 60.0 Å². The third-order valence-corrected chi connectivity index (χ3v) is 4.44. The molecule has 0 amide bonds. The van der Waals surface area contributed by atoms with E-state index in [1.165, 1.54) is 5.56 Å². The van der Waals surface area contributed by atoms with Crippen LogP contribution in [0.25, 0.3) is 10.9 Å². The highest BCUT2D eigenvalue weighted by atomic mass is 16.5. The molecule has 0 atom stereocenters. The lowest BCUT2D eigenvalue weighted by Gasteiger charge is -2.06. The maximum atomic E-state index is 5.80. The number of anilines is 1. The monoisotopic (exact) mass is 367 g/mol. The van der Waals surface area contributed by atoms with Crippen molar-refractivity contribution >= 4 is 22.9 Å². The molecule has 4 aromatic rings. The zero-order valence-electron chi connectivity index (χ0n) is 15.7. The van der Waals surface area contributed by atoms with Crippen LogP contribution in [0, 0.1) is 6.92 Å². The van der Waals surface area contributed by atoms with E-state index in [-0.39, 0.29) is 0 Å². The largest absolute Gasteiger partial charge is 0.489 e. The van der Waals surface area contributed by atoms with Crippen LogP contribution in [0.4, 0.5) is 5.82 Å². The van der Waals surface area contributed by atoms with Gasteiger partial charge in [0.15, 0.2) is 0 Å². The maximum Gasteiger partial charge on any atom is 0.147 e. The first-order chi connectivity index (χ1) is 13.8. The summed E-state index contributed by atoms with van der Waals surface area (Å²) in [5, 5.41) is 5.46. The molecule has 28 heavy (non-hydrogen) atoms. The highest BCUT2D eigenvalue weighted by Gasteiger charge is 2.01. The average molecular weight is 367 g/mol. The summed E-state index contributed by atoms with van der Waals surface area (Å²) in [4.78, 5) is 4.59. The number of benzene rings is 3. The zero-order chi connectivity index (χ0) is 19.2. The number of para-hydroxylation sites is 1. The molecule has 0 radical (unpaired) electrons. The van der Waals surface area contributed by atoms with E-state index in [4.69, 9.17) is 4.74 Å². The van der Waals surface area contributed by atoms with Gasteiger partial charge < -0.3 is 4.74 Å². The number of nitrogens with one attached hydrogen (secondary N) is 1. The van der Waals surface area contributed by atoms with Crippen LogP contribution in [0.2, 0.25) is 0 Å². The van der Waals surface area contributed by atoms with Crippen molar-refractivity contribution in [3.05, 3.63) is 102 Å². The molecule has 0 bridgehead atoms. The smallest absolute Gasteiger partial charge is 0.147 e. The third-order valence-electron chi connectivity index (χ3n) is 4.44. The summed E-state index contributed by atoms with van der Waals surface area (Å²) in [5.74, 6) is 1.57. The molecular weight excluding hydrogens is 346 g/mol. The van der Waals surface area contributed by atoms with E-state index in [0.29, 0.717) is 6.61 Å². The molecule has 4 heteroatoms. The Bertz CT molecular complexity index is 1090. The summed E-state index contributed by atoms with van der Waals surface area (Å²) < 4.78 is 5.80. The summed E-state index contributed by atoms with van der Waals surface area (Å²) in [6.45, 7) is 2.63. The Hall–Kier alpha value is -3.66. The van der Waals surface area contributed by atoms with Crippen LogP contribution in [-0.4, -0.2) is 11.2 Å². The van der Waals surface area contributed by atoms with Crippen LogP contribution in [0.3, 0.4) is 0 Å². The Labute approximate surface area is 164 Å². The molecule has 0 saturated carbocycles. The van der Waals surface area contributed by atoms with Gasteiger partial charge in [-0.25, -0.2) is 4.98 Å². The van der Waals surface area contributed by atoms with E-state index in [0.717, 1.165) is 33.6 Å². The molecule has 0 aliphatic rings. The van der Waals surface area contributed by atoms with Gasteiger partial charge in [0.25, 0.3) is 0 Å². The summed E-state index contributed by atoms with van der Waals surface area (Å²) in [5.41, 5.74) is 7.27. The second-order valence-electron chi connectivity index (χ2n) is 6.55. The van der Waals surface area contributed by atoms with Crippen molar-refractivity contribution < 1.29 is 4.74 Å². The van der Waals surface area contributed by atoms with Crippen LogP contribution in [0.5, 0.6) is 5.75 Å². The number of aromatic nitrogens is 1. The number of nitrogens with zero attached hydrogens (tertiary/aromatic N) is 2. The topological polar surface area (TPSA) is 46.5 Å². The number of fused-ring (bicyclic) bond motifs is 1. The van der Waals surface area contributed by atoms with Crippen molar-refractivity contribution in [2.45, 2.75) is 13.5 Å². The average Bonchev–Trinajstić information content (AvgIpc) is 2.74. The summed E-state index contributed by atoms with van der Waals surface area (Å²) in [7, 11) is 0. The molecule has 4 rings (SSSR count). The predicted molar refractivity (Wildman–Crippen MR) is 115 cm³/mol. The molecule has 138 valence electrons. The molecule has 0 aliphatic heterocycles. The van der Waals surface area contributed by atoms with E-state index >= 15 is 0 Å². The van der Waals surface area contributed by atoms with Crippen LogP contribution in [0.1, 0.15) is 16.7 Å². The first-order valence-electron chi connectivity index (χ1n) is 9.20. The Morgan fingerprint density at radius 3 is 2.50 bits per heavy atom. The summed E-state index contributed by atoms with van der Waals surface area (Å²) in [6, 6.07) is 28.1. The van der Waals surface area contributed by atoms with Crippen LogP contribution in [-0.2, 0) is 6.61 Å². The number of aryl methyl sites for hydroxylation is 1. The molecule has 1 aromatic heterocycles. The normalized spacial score (nSPS) is 11.0. The number of hydrogen-bond donors (Lipinski definition) is 1. The molecule has 0 spiro atoms. The summed E-state index contributed by atoms with van der Waals surface area (Å²) >= 11 is 0. The molecule has 1 N–H and O–H groups in total. The highest BCUT2D eigenvalue weighted by Crippen LogP contribution is 2.19. The van der Waals surface area contributed by atoms with Gasteiger partial charge >= 0.3 is 0 Å². The SMILES string of the molecule is Cc1cc(N/N=C/c2ccc(OCc3ccccc3)cc2)nc2ccccc12. The van der Waals surface area contributed by atoms with Gasteiger partial charge in [0.2, 0.25) is 0 Å². The van der Waals surface area contributed by atoms with E-state index in [2.05, 4.69) is 40.6 Å². The second kappa shape index (κ2) is 8.35. The number of hydrogen-bond acceptors (Lipinski definition) is 4. The van der Waals surface area contributed by atoms with Crippen molar-refractivity contribution in [2.75, 3.05) is 5.43 Å². The second-order valence-corrected chi connectivity index (χ2v) is 6.55. The zero-order valence-corrected chi connectivity index (χ0v) is 15.7. The first-order valence-corrected chi connectivity index (χ1v) is 9.20. The standard InChI is InChI=1S/C24H21N3O/c1-18-15-24(26-23-10-6-5-9-22(18)23)27-25-16-19-11-13-21(14-12-19)28-17-20-7-3-2-4-8-20/h2-16H,17H2,1H3,(H,26,27)/b25-16+. The van der Waals surface area contributed by atoms with E-state index < -0.39 is 0 Å². The van der Waals surface area contributed by atoms with E-state index in [9.17, 15) is 0 Å². The van der Waals surface area contributed by atoms with Gasteiger partial charge in [0.1, 0.15) is 18.2 Å². The fraction of sp³-hybridized carbons (Fsp3) is 0.0833. The minimum absolute atomic E-state index is 0.558. The van der Waals surface area contributed by atoms with Crippen molar-refractivity contribution in [3.63, 3.8) is 0 Å². The quantitative estimate of drug-likeness (QED) is 0.358. The van der Waals surface area contributed by atoms with Crippen molar-refractivity contribution in [2.24, 2.45) is 5.10 Å². The van der Waals surface area contributed by atoms with Gasteiger partial charge in [-0.1, -0.05) is 48.5 Å². The van der Waals surface area contributed by atoms with Gasteiger partial charge in [-0.15, -0.1) is 0 Å². The maximum absolute atomic E-state index is 5.80. The van der Waals surface area contributed by atoms with Gasteiger partial charge in [-0.2, -0.15) is 5.10 Å². The lowest BCUT2D eigenvalue weighted by atomic mass is 10.1. The molecule has 0 saturated heterocycles. The molecule has 0 aliphatic carbocycles. The van der Waals surface area contributed by atoms with Crippen LogP contribution in [0.15, 0.2) is 90.0 Å². The number of ether oxygens (including phenoxy) is 1. The predicted octanol–water partition coefficient (Wildman–Crippen LogP) is 5.57. The Balaban J connectivity index is 1.37. The van der Waals surface area contributed by atoms with Crippen molar-refractivity contribution in [1.82, 2.24) is 4.98 Å². The first kappa shape index (κ1) is 17.7. The lowest BCUT2D eigenvalue weighted by molar-refractivity contribution is 0.306. The minimum atomic E-state index is 0.558. The third kappa shape index (κ3) is 4.35.